The number of hydrogen-bond acceptors (Lipinski definition) is 3. The number of benzene rings is 1. The van der Waals surface area contributed by atoms with Gasteiger partial charge in [-0.15, -0.1) is 0 Å². The zero-order valence-corrected chi connectivity index (χ0v) is 13.6. The maximum absolute atomic E-state index is 12.6. The van der Waals surface area contributed by atoms with Gasteiger partial charge in [0.1, 0.15) is 5.41 Å². The first-order valence-corrected chi connectivity index (χ1v) is 7.98. The second kappa shape index (κ2) is 6.78. The molecule has 1 fully saturated rings. The van der Waals surface area contributed by atoms with Crippen molar-refractivity contribution in [3.8, 4) is 0 Å². The van der Waals surface area contributed by atoms with Gasteiger partial charge in [-0.1, -0.05) is 6.07 Å². The second-order valence-electron chi connectivity index (χ2n) is 6.12. The molecule has 2 aromatic rings. The third-order valence-corrected chi connectivity index (χ3v) is 4.25. The Morgan fingerprint density at radius 2 is 1.73 bits per heavy atom. The average molecular weight is 363 g/mol. The van der Waals surface area contributed by atoms with E-state index in [2.05, 4.69) is 15.6 Å². The fourth-order valence-electron chi connectivity index (χ4n) is 2.52. The molecule has 1 aliphatic rings. The maximum atomic E-state index is 12.6. The Balaban J connectivity index is 1.61. The fraction of sp³-hybridized carbons (Fsp3) is 0.278. The van der Waals surface area contributed by atoms with E-state index in [4.69, 9.17) is 0 Å². The topological polar surface area (TPSA) is 71.1 Å². The highest BCUT2D eigenvalue weighted by Crippen LogP contribution is 2.47. The molecule has 0 atom stereocenters. The molecule has 8 heteroatoms. The van der Waals surface area contributed by atoms with Crippen LogP contribution in [0.4, 0.5) is 18.9 Å². The molecule has 5 nitrogen and oxygen atoms in total. The van der Waals surface area contributed by atoms with E-state index < -0.39 is 29.0 Å². The molecule has 0 radical (unpaired) electrons. The standard InChI is InChI=1S/C18H16F3N3O2/c19-18(20,21)12-4-6-13(7-5-12)24-16(26)17(8-9-17)15(25)23-11-14-3-1-2-10-22-14/h1-7,10H,8-9,11H2,(H,23,25)(H,24,26). The minimum absolute atomic E-state index is 0.203. The lowest BCUT2D eigenvalue weighted by molar-refractivity contribution is -0.137. The maximum Gasteiger partial charge on any atom is 0.416 e. The summed E-state index contributed by atoms with van der Waals surface area (Å²) >= 11 is 0. The zero-order chi connectivity index (χ0) is 18.8. The molecule has 0 unspecified atom stereocenters. The number of aromatic nitrogens is 1. The monoisotopic (exact) mass is 363 g/mol. The van der Waals surface area contributed by atoms with Crippen LogP contribution in [0.1, 0.15) is 24.1 Å². The number of hydrogen-bond donors (Lipinski definition) is 2. The zero-order valence-electron chi connectivity index (χ0n) is 13.6. The molecule has 2 amide bonds. The number of alkyl halides is 3. The van der Waals surface area contributed by atoms with Gasteiger partial charge >= 0.3 is 6.18 Å². The lowest BCUT2D eigenvalue weighted by atomic mass is 10.0. The van der Waals surface area contributed by atoms with Gasteiger partial charge in [-0.05, 0) is 49.2 Å². The highest BCUT2D eigenvalue weighted by Gasteiger charge is 2.56. The average Bonchev–Trinajstić information content (AvgIpc) is 3.42. The van der Waals surface area contributed by atoms with E-state index in [1.807, 2.05) is 0 Å². The minimum atomic E-state index is -4.44. The number of carbonyl (C=O) groups excluding carboxylic acids is 2. The summed E-state index contributed by atoms with van der Waals surface area (Å²) in [6.45, 7) is 0.203. The molecule has 1 heterocycles. The Hall–Kier alpha value is -2.90. The summed E-state index contributed by atoms with van der Waals surface area (Å²) in [5.41, 5.74) is -1.09. The molecule has 136 valence electrons. The highest BCUT2D eigenvalue weighted by atomic mass is 19.4. The first kappa shape index (κ1) is 17.9. The summed E-state index contributed by atoms with van der Waals surface area (Å²) in [4.78, 5) is 28.9. The van der Waals surface area contributed by atoms with E-state index in [9.17, 15) is 22.8 Å². The summed E-state index contributed by atoms with van der Waals surface area (Å²) < 4.78 is 37.7. The minimum Gasteiger partial charge on any atom is -0.350 e. The van der Waals surface area contributed by atoms with Crippen LogP contribution in [0, 0.1) is 5.41 Å². The van der Waals surface area contributed by atoms with Gasteiger partial charge in [0.25, 0.3) is 0 Å². The van der Waals surface area contributed by atoms with Crippen LogP contribution in [0.5, 0.6) is 0 Å². The normalized spacial score (nSPS) is 15.2. The Kier molecular flexibility index (Phi) is 4.67. The van der Waals surface area contributed by atoms with Crippen molar-refractivity contribution in [3.05, 3.63) is 59.9 Å². The largest absolute Gasteiger partial charge is 0.416 e. The fourth-order valence-corrected chi connectivity index (χ4v) is 2.52. The molecule has 0 aliphatic heterocycles. The van der Waals surface area contributed by atoms with Crippen LogP contribution in [0.2, 0.25) is 0 Å². The lowest BCUT2D eigenvalue weighted by Crippen LogP contribution is -2.39. The van der Waals surface area contributed by atoms with Gasteiger partial charge in [0.05, 0.1) is 17.8 Å². The highest BCUT2D eigenvalue weighted by molar-refractivity contribution is 6.13. The molecule has 0 bridgehead atoms. The number of amides is 2. The van der Waals surface area contributed by atoms with Crippen LogP contribution >= 0.6 is 0 Å². The predicted octanol–water partition coefficient (Wildman–Crippen LogP) is 3.14. The summed E-state index contributed by atoms with van der Waals surface area (Å²) in [5.74, 6) is -0.927. The van der Waals surface area contributed by atoms with Crippen LogP contribution in [-0.2, 0) is 22.3 Å². The molecule has 3 rings (SSSR count). The van der Waals surface area contributed by atoms with Crippen molar-refractivity contribution in [1.29, 1.82) is 0 Å². The van der Waals surface area contributed by atoms with Gasteiger partial charge < -0.3 is 10.6 Å². The number of nitrogens with one attached hydrogen (secondary N) is 2. The Bertz CT molecular complexity index is 801. The number of carbonyl (C=O) groups is 2. The van der Waals surface area contributed by atoms with Crippen LogP contribution in [0.25, 0.3) is 0 Å². The number of anilines is 1. The Morgan fingerprint density at radius 1 is 1.04 bits per heavy atom. The summed E-state index contributed by atoms with van der Waals surface area (Å²) in [6.07, 6.45) is -2.04. The third kappa shape index (κ3) is 3.84. The molecule has 1 aromatic carbocycles. The van der Waals surface area contributed by atoms with Crippen molar-refractivity contribution in [2.75, 3.05) is 5.32 Å². The molecule has 26 heavy (non-hydrogen) atoms. The van der Waals surface area contributed by atoms with Gasteiger partial charge in [0, 0.05) is 11.9 Å². The summed E-state index contributed by atoms with van der Waals surface area (Å²) in [6, 6.07) is 9.41. The Labute approximate surface area is 147 Å². The van der Waals surface area contributed by atoms with Crippen molar-refractivity contribution in [2.24, 2.45) is 5.41 Å². The SMILES string of the molecule is O=C(NCc1ccccn1)C1(C(=O)Nc2ccc(C(F)(F)F)cc2)CC1. The number of nitrogens with zero attached hydrogens (tertiary/aromatic N) is 1. The van der Waals surface area contributed by atoms with Gasteiger partial charge in [0.2, 0.25) is 11.8 Å². The van der Waals surface area contributed by atoms with E-state index in [1.54, 1.807) is 24.4 Å². The quantitative estimate of drug-likeness (QED) is 0.802. The molecule has 2 N–H and O–H groups in total. The van der Waals surface area contributed by atoms with Crippen LogP contribution in [-0.4, -0.2) is 16.8 Å². The summed E-state index contributed by atoms with van der Waals surface area (Å²) in [5, 5.41) is 5.21. The van der Waals surface area contributed by atoms with Crippen LogP contribution in [0.15, 0.2) is 48.7 Å². The van der Waals surface area contributed by atoms with E-state index in [-0.39, 0.29) is 12.2 Å². The molecular formula is C18H16F3N3O2. The van der Waals surface area contributed by atoms with Crippen molar-refractivity contribution >= 4 is 17.5 Å². The van der Waals surface area contributed by atoms with Gasteiger partial charge in [-0.2, -0.15) is 13.2 Å². The molecule has 0 saturated heterocycles. The predicted molar refractivity (Wildman–Crippen MR) is 87.8 cm³/mol. The van der Waals surface area contributed by atoms with Crippen molar-refractivity contribution in [3.63, 3.8) is 0 Å². The summed E-state index contributed by atoms with van der Waals surface area (Å²) in [7, 11) is 0. The molecule has 1 saturated carbocycles. The van der Waals surface area contributed by atoms with E-state index in [0.717, 1.165) is 12.1 Å². The van der Waals surface area contributed by atoms with E-state index in [0.29, 0.717) is 18.5 Å². The van der Waals surface area contributed by atoms with Gasteiger partial charge in [0.15, 0.2) is 0 Å². The number of rotatable bonds is 5. The first-order chi connectivity index (χ1) is 12.3. The number of halogens is 3. The van der Waals surface area contributed by atoms with Crippen molar-refractivity contribution in [2.45, 2.75) is 25.6 Å². The van der Waals surface area contributed by atoms with E-state index in [1.165, 1.54) is 12.1 Å². The molecular weight excluding hydrogens is 347 g/mol. The van der Waals surface area contributed by atoms with Gasteiger partial charge in [-0.25, -0.2) is 0 Å². The smallest absolute Gasteiger partial charge is 0.350 e. The first-order valence-electron chi connectivity index (χ1n) is 7.98. The van der Waals surface area contributed by atoms with Crippen molar-refractivity contribution < 1.29 is 22.8 Å². The Morgan fingerprint density at radius 3 is 2.27 bits per heavy atom. The molecule has 1 aromatic heterocycles. The number of pyridine rings is 1. The van der Waals surface area contributed by atoms with Crippen LogP contribution in [0.3, 0.4) is 0 Å². The molecule has 0 spiro atoms. The molecule has 1 aliphatic carbocycles. The van der Waals surface area contributed by atoms with Crippen molar-refractivity contribution in [1.82, 2.24) is 10.3 Å². The second-order valence-corrected chi connectivity index (χ2v) is 6.12. The van der Waals surface area contributed by atoms with E-state index >= 15 is 0 Å². The lowest BCUT2D eigenvalue weighted by Gasteiger charge is -2.16. The third-order valence-electron chi connectivity index (χ3n) is 4.25. The van der Waals surface area contributed by atoms with Gasteiger partial charge in [-0.3, -0.25) is 14.6 Å². The van der Waals surface area contributed by atoms with Crippen LogP contribution < -0.4 is 10.6 Å².